The molecule has 0 aromatic heterocycles. The van der Waals surface area contributed by atoms with E-state index in [1.165, 1.54) is 77.5 Å². The van der Waals surface area contributed by atoms with Crippen molar-refractivity contribution in [2.75, 3.05) is 39.4 Å². The Kier molecular flexibility index (Phi) is 5.75. The third kappa shape index (κ3) is 4.19. The molecule has 0 bridgehead atoms. The van der Waals surface area contributed by atoms with Crippen LogP contribution in [0, 0.1) is 11.8 Å². The minimum absolute atomic E-state index is 0.762. The van der Waals surface area contributed by atoms with Gasteiger partial charge in [0.2, 0.25) is 0 Å². The quantitative estimate of drug-likeness (QED) is 0.860. The number of hydrogen-bond donors (Lipinski definition) is 1. The van der Waals surface area contributed by atoms with Gasteiger partial charge in [-0.05, 0) is 57.0 Å². The van der Waals surface area contributed by atoms with E-state index >= 15 is 0 Å². The van der Waals surface area contributed by atoms with Crippen LogP contribution in [0.1, 0.15) is 51.4 Å². The fourth-order valence-electron chi connectivity index (χ4n) is 4.34. The second-order valence-electron chi connectivity index (χ2n) is 7.13. The molecule has 0 radical (unpaired) electrons. The SMILES string of the molecule is C1CCC(C2CN(CC3CCOCC3)CCCN2)CC1. The van der Waals surface area contributed by atoms with E-state index in [4.69, 9.17) is 4.74 Å². The van der Waals surface area contributed by atoms with Crippen LogP contribution >= 0.6 is 0 Å². The van der Waals surface area contributed by atoms with Gasteiger partial charge in [0.1, 0.15) is 0 Å². The molecule has 3 aliphatic rings. The van der Waals surface area contributed by atoms with Crippen molar-refractivity contribution in [2.45, 2.75) is 57.4 Å². The molecule has 1 unspecified atom stereocenters. The maximum absolute atomic E-state index is 5.50. The average molecular weight is 280 g/mol. The summed E-state index contributed by atoms with van der Waals surface area (Å²) in [6.45, 7) is 7.11. The Hall–Kier alpha value is -0.120. The lowest BCUT2D eigenvalue weighted by Crippen LogP contribution is -2.45. The molecular weight excluding hydrogens is 248 g/mol. The largest absolute Gasteiger partial charge is 0.381 e. The van der Waals surface area contributed by atoms with Crippen LogP contribution in [-0.2, 0) is 4.74 Å². The number of ether oxygens (including phenoxy) is 1. The van der Waals surface area contributed by atoms with E-state index < -0.39 is 0 Å². The maximum Gasteiger partial charge on any atom is 0.0469 e. The summed E-state index contributed by atoms with van der Waals surface area (Å²) in [6, 6.07) is 0.762. The summed E-state index contributed by atoms with van der Waals surface area (Å²) in [6.07, 6.45) is 11.2. The molecular formula is C17H32N2O. The van der Waals surface area contributed by atoms with Crippen molar-refractivity contribution in [1.82, 2.24) is 10.2 Å². The summed E-state index contributed by atoms with van der Waals surface area (Å²) in [5.74, 6) is 1.83. The zero-order valence-electron chi connectivity index (χ0n) is 13.0. The van der Waals surface area contributed by atoms with Crippen molar-refractivity contribution in [3.8, 4) is 0 Å². The Morgan fingerprint density at radius 1 is 0.950 bits per heavy atom. The van der Waals surface area contributed by atoms with E-state index in [1.54, 1.807) is 0 Å². The second kappa shape index (κ2) is 7.77. The highest BCUT2D eigenvalue weighted by Gasteiger charge is 2.28. The van der Waals surface area contributed by atoms with Gasteiger partial charge in [0.25, 0.3) is 0 Å². The van der Waals surface area contributed by atoms with Crippen LogP contribution in [0.2, 0.25) is 0 Å². The molecule has 1 atom stereocenters. The van der Waals surface area contributed by atoms with E-state index in [0.29, 0.717) is 0 Å². The lowest BCUT2D eigenvalue weighted by atomic mass is 9.83. The standard InChI is InChI=1S/C17H32N2O/c1-2-5-16(6-3-1)17-14-19(10-4-9-18-17)13-15-7-11-20-12-8-15/h15-18H,1-14H2. The smallest absolute Gasteiger partial charge is 0.0469 e. The Labute approximate surface area is 124 Å². The number of nitrogens with one attached hydrogen (secondary N) is 1. The molecule has 1 N–H and O–H groups in total. The first-order valence-corrected chi connectivity index (χ1v) is 8.95. The van der Waals surface area contributed by atoms with Crippen LogP contribution in [-0.4, -0.2) is 50.3 Å². The molecule has 1 saturated carbocycles. The number of rotatable bonds is 3. The minimum Gasteiger partial charge on any atom is -0.381 e. The molecule has 3 rings (SSSR count). The van der Waals surface area contributed by atoms with Gasteiger partial charge in [-0.15, -0.1) is 0 Å². The van der Waals surface area contributed by atoms with Crippen molar-refractivity contribution >= 4 is 0 Å². The fraction of sp³-hybridized carbons (Fsp3) is 1.00. The predicted molar refractivity (Wildman–Crippen MR) is 83.0 cm³/mol. The van der Waals surface area contributed by atoms with Gasteiger partial charge in [0, 0.05) is 32.3 Å². The summed E-state index contributed by atoms with van der Waals surface area (Å²) in [5.41, 5.74) is 0. The first-order valence-electron chi connectivity index (χ1n) is 8.95. The fourth-order valence-corrected chi connectivity index (χ4v) is 4.34. The number of hydrogen-bond acceptors (Lipinski definition) is 3. The van der Waals surface area contributed by atoms with Crippen molar-refractivity contribution in [2.24, 2.45) is 11.8 Å². The lowest BCUT2D eigenvalue weighted by molar-refractivity contribution is 0.0510. The Balaban J connectivity index is 1.51. The van der Waals surface area contributed by atoms with Gasteiger partial charge in [0.05, 0.1) is 0 Å². The molecule has 3 nitrogen and oxygen atoms in total. The minimum atomic E-state index is 0.762. The Morgan fingerprint density at radius 2 is 1.75 bits per heavy atom. The Morgan fingerprint density at radius 3 is 2.55 bits per heavy atom. The van der Waals surface area contributed by atoms with Crippen molar-refractivity contribution in [3.05, 3.63) is 0 Å². The van der Waals surface area contributed by atoms with E-state index in [0.717, 1.165) is 31.1 Å². The molecule has 0 amide bonds. The highest BCUT2D eigenvalue weighted by atomic mass is 16.5. The van der Waals surface area contributed by atoms with Crippen molar-refractivity contribution in [3.63, 3.8) is 0 Å². The lowest BCUT2D eigenvalue weighted by Gasteiger charge is -2.34. The normalized spacial score (nSPS) is 32.1. The third-order valence-electron chi connectivity index (χ3n) is 5.59. The average Bonchev–Trinajstić information content (AvgIpc) is 2.75. The van der Waals surface area contributed by atoms with Crippen LogP contribution in [0.5, 0.6) is 0 Å². The molecule has 3 fully saturated rings. The first-order chi connectivity index (χ1) is 9.92. The summed E-state index contributed by atoms with van der Waals surface area (Å²) in [7, 11) is 0. The zero-order valence-corrected chi connectivity index (χ0v) is 13.0. The van der Waals surface area contributed by atoms with Crippen LogP contribution in [0.4, 0.5) is 0 Å². The number of nitrogens with zero attached hydrogens (tertiary/aromatic N) is 1. The van der Waals surface area contributed by atoms with Gasteiger partial charge in [-0.2, -0.15) is 0 Å². The molecule has 116 valence electrons. The van der Waals surface area contributed by atoms with Crippen LogP contribution in [0.25, 0.3) is 0 Å². The van der Waals surface area contributed by atoms with E-state index in [2.05, 4.69) is 10.2 Å². The summed E-state index contributed by atoms with van der Waals surface area (Å²) < 4.78 is 5.50. The molecule has 3 heteroatoms. The summed E-state index contributed by atoms with van der Waals surface area (Å²) in [5, 5.41) is 3.85. The van der Waals surface area contributed by atoms with Gasteiger partial charge in [-0.1, -0.05) is 19.3 Å². The molecule has 20 heavy (non-hydrogen) atoms. The van der Waals surface area contributed by atoms with Gasteiger partial charge < -0.3 is 15.0 Å². The van der Waals surface area contributed by atoms with Crippen molar-refractivity contribution < 1.29 is 4.74 Å². The van der Waals surface area contributed by atoms with E-state index in [1.807, 2.05) is 0 Å². The van der Waals surface area contributed by atoms with Gasteiger partial charge in [0.15, 0.2) is 0 Å². The zero-order chi connectivity index (χ0) is 13.6. The first kappa shape index (κ1) is 14.8. The van der Waals surface area contributed by atoms with Crippen molar-refractivity contribution in [1.29, 1.82) is 0 Å². The second-order valence-corrected chi connectivity index (χ2v) is 7.13. The Bertz CT molecular complexity index is 272. The molecule has 1 aliphatic carbocycles. The highest BCUT2D eigenvalue weighted by molar-refractivity contribution is 4.85. The van der Waals surface area contributed by atoms with Gasteiger partial charge in [-0.3, -0.25) is 0 Å². The maximum atomic E-state index is 5.50. The molecule has 0 aromatic carbocycles. The summed E-state index contributed by atoms with van der Waals surface area (Å²) >= 11 is 0. The third-order valence-corrected chi connectivity index (χ3v) is 5.59. The molecule has 0 aromatic rings. The monoisotopic (exact) mass is 280 g/mol. The van der Waals surface area contributed by atoms with Gasteiger partial charge >= 0.3 is 0 Å². The van der Waals surface area contributed by atoms with Crippen LogP contribution in [0.3, 0.4) is 0 Å². The van der Waals surface area contributed by atoms with E-state index in [9.17, 15) is 0 Å². The molecule has 0 spiro atoms. The topological polar surface area (TPSA) is 24.5 Å². The highest BCUT2D eigenvalue weighted by Crippen LogP contribution is 2.28. The van der Waals surface area contributed by atoms with Crippen LogP contribution in [0.15, 0.2) is 0 Å². The molecule has 2 saturated heterocycles. The van der Waals surface area contributed by atoms with Crippen LogP contribution < -0.4 is 5.32 Å². The predicted octanol–water partition coefficient (Wildman–Crippen LogP) is 2.66. The van der Waals surface area contributed by atoms with Gasteiger partial charge in [-0.25, -0.2) is 0 Å². The van der Waals surface area contributed by atoms with E-state index in [-0.39, 0.29) is 0 Å². The molecule has 2 heterocycles. The summed E-state index contributed by atoms with van der Waals surface area (Å²) in [4.78, 5) is 2.76. The molecule has 2 aliphatic heterocycles.